The highest BCUT2D eigenvalue weighted by Crippen LogP contribution is 2.46. The van der Waals surface area contributed by atoms with Crippen molar-refractivity contribution in [3.05, 3.63) is 29.8 Å². The number of hydrogen-bond donors (Lipinski definition) is 1. The maximum Gasteiger partial charge on any atom is 0.163 e. The molecule has 0 fully saturated rings. The highest BCUT2D eigenvalue weighted by Gasteiger charge is 2.47. The number of ether oxygens (including phenoxy) is 1. The largest absolute Gasteiger partial charge is 0.482 e. The number of fused-ring (bicyclic) bond motifs is 1. The summed E-state index contributed by atoms with van der Waals surface area (Å²) in [5.41, 5.74) is 0.896. The van der Waals surface area contributed by atoms with Crippen LogP contribution in [0.2, 0.25) is 0 Å². The van der Waals surface area contributed by atoms with E-state index >= 15 is 0 Å². The molecule has 1 aromatic rings. The number of rotatable bonds is 7. The first-order chi connectivity index (χ1) is 9.67. The van der Waals surface area contributed by atoms with Crippen LogP contribution in [0.4, 0.5) is 0 Å². The molecule has 108 valence electrons. The van der Waals surface area contributed by atoms with Gasteiger partial charge in [0.25, 0.3) is 0 Å². The first-order valence-corrected chi connectivity index (χ1v) is 7.08. The summed E-state index contributed by atoms with van der Waals surface area (Å²) in [7, 11) is 0. The van der Waals surface area contributed by atoms with Gasteiger partial charge in [-0.3, -0.25) is 15.1 Å². The maximum absolute atomic E-state index is 11.4. The van der Waals surface area contributed by atoms with Gasteiger partial charge in [0.2, 0.25) is 0 Å². The number of aliphatic imine (C=N–C) groups is 1. The summed E-state index contributed by atoms with van der Waals surface area (Å²) >= 11 is 0. The van der Waals surface area contributed by atoms with Gasteiger partial charge in [-0.15, -0.1) is 0 Å². The van der Waals surface area contributed by atoms with E-state index in [-0.39, 0.29) is 11.6 Å². The maximum atomic E-state index is 11.4. The van der Waals surface area contributed by atoms with Crippen molar-refractivity contribution in [2.45, 2.75) is 44.4 Å². The molecular weight excluding hydrogens is 252 g/mol. The number of benzene rings is 1. The van der Waals surface area contributed by atoms with Gasteiger partial charge in [0.1, 0.15) is 5.75 Å². The molecule has 20 heavy (non-hydrogen) atoms. The van der Waals surface area contributed by atoms with Crippen LogP contribution in [0.5, 0.6) is 5.75 Å². The molecule has 1 heterocycles. The molecule has 0 radical (unpaired) electrons. The predicted molar refractivity (Wildman–Crippen MR) is 80.5 cm³/mol. The first-order valence-electron chi connectivity index (χ1n) is 7.08. The standard InChI is InChI=1S/C16H22N2O2/c1-4-16(9-10-18-12(2)17-3)13-7-5-6-8-14(13)20-15(16)11-19/h5-8,11-12,15,18H,3-4,9-10H2,1-2H3. The number of carbonyl (C=O) groups is 1. The zero-order chi connectivity index (χ0) is 14.6. The molecule has 3 unspecified atom stereocenters. The minimum absolute atomic E-state index is 0.0242. The van der Waals surface area contributed by atoms with Crippen molar-refractivity contribution in [3.8, 4) is 5.75 Å². The third-order valence-electron chi connectivity index (χ3n) is 4.26. The third kappa shape index (κ3) is 2.48. The van der Waals surface area contributed by atoms with Gasteiger partial charge in [0, 0.05) is 11.0 Å². The van der Waals surface area contributed by atoms with Crippen molar-refractivity contribution < 1.29 is 9.53 Å². The Morgan fingerprint density at radius 2 is 2.30 bits per heavy atom. The van der Waals surface area contributed by atoms with E-state index in [9.17, 15) is 4.79 Å². The van der Waals surface area contributed by atoms with E-state index in [0.29, 0.717) is 0 Å². The van der Waals surface area contributed by atoms with Crippen LogP contribution in [-0.2, 0) is 10.2 Å². The molecule has 0 spiro atoms. The number of nitrogens with one attached hydrogen (secondary N) is 1. The zero-order valence-electron chi connectivity index (χ0n) is 12.1. The second kappa shape index (κ2) is 6.18. The Morgan fingerprint density at radius 3 is 2.95 bits per heavy atom. The van der Waals surface area contributed by atoms with Crippen LogP contribution in [0.25, 0.3) is 0 Å². The zero-order valence-corrected chi connectivity index (χ0v) is 12.1. The average molecular weight is 274 g/mol. The van der Waals surface area contributed by atoms with Gasteiger partial charge in [0.05, 0.1) is 6.17 Å². The number of carbonyl (C=O) groups excluding carboxylic acids is 1. The fourth-order valence-corrected chi connectivity index (χ4v) is 2.96. The first kappa shape index (κ1) is 14.7. The Kier molecular flexibility index (Phi) is 4.55. The van der Waals surface area contributed by atoms with E-state index in [1.54, 1.807) is 0 Å². The minimum Gasteiger partial charge on any atom is -0.482 e. The van der Waals surface area contributed by atoms with Gasteiger partial charge < -0.3 is 4.74 Å². The van der Waals surface area contributed by atoms with Crippen molar-refractivity contribution >= 4 is 13.0 Å². The molecule has 1 aliphatic rings. The van der Waals surface area contributed by atoms with Gasteiger partial charge >= 0.3 is 0 Å². The summed E-state index contributed by atoms with van der Waals surface area (Å²) in [5.74, 6) is 0.835. The fraction of sp³-hybridized carbons (Fsp3) is 0.500. The summed E-state index contributed by atoms with van der Waals surface area (Å²) < 4.78 is 5.82. The van der Waals surface area contributed by atoms with Crippen LogP contribution >= 0.6 is 0 Å². The van der Waals surface area contributed by atoms with Crippen LogP contribution in [0.3, 0.4) is 0 Å². The molecule has 0 amide bonds. The summed E-state index contributed by atoms with van der Waals surface area (Å²) in [6.45, 7) is 8.36. The Balaban J connectivity index is 2.22. The van der Waals surface area contributed by atoms with Crippen molar-refractivity contribution in [2.24, 2.45) is 4.99 Å². The van der Waals surface area contributed by atoms with Gasteiger partial charge in [-0.1, -0.05) is 25.1 Å². The molecular formula is C16H22N2O2. The Labute approximate surface area is 120 Å². The Morgan fingerprint density at radius 1 is 1.55 bits per heavy atom. The SMILES string of the molecule is C=NC(C)NCCC1(CC)c2ccccc2OC1C=O. The number of aldehydes is 1. The normalized spacial score (nSPS) is 25.6. The Hall–Kier alpha value is -1.68. The molecule has 4 nitrogen and oxygen atoms in total. The van der Waals surface area contributed by atoms with Gasteiger partial charge in [-0.25, -0.2) is 0 Å². The summed E-state index contributed by atoms with van der Waals surface area (Å²) in [6, 6.07) is 7.94. The molecule has 0 saturated heterocycles. The van der Waals surface area contributed by atoms with Crippen LogP contribution < -0.4 is 10.1 Å². The number of nitrogens with zero attached hydrogens (tertiary/aromatic N) is 1. The third-order valence-corrected chi connectivity index (χ3v) is 4.26. The highest BCUT2D eigenvalue weighted by molar-refractivity contribution is 5.65. The summed E-state index contributed by atoms with van der Waals surface area (Å²) in [4.78, 5) is 15.4. The predicted octanol–water partition coefficient (Wildman–Crippen LogP) is 2.32. The van der Waals surface area contributed by atoms with Gasteiger partial charge in [0.15, 0.2) is 12.4 Å². The van der Waals surface area contributed by atoms with Crippen molar-refractivity contribution in [2.75, 3.05) is 6.54 Å². The Bertz CT molecular complexity index is 489. The van der Waals surface area contributed by atoms with Crippen LogP contribution in [-0.4, -0.2) is 31.8 Å². The van der Waals surface area contributed by atoms with E-state index in [1.807, 2.05) is 25.1 Å². The summed E-state index contributed by atoms with van der Waals surface area (Å²) in [5, 5.41) is 3.29. The molecule has 0 aromatic heterocycles. The number of hydrogen-bond acceptors (Lipinski definition) is 4. The monoisotopic (exact) mass is 274 g/mol. The average Bonchev–Trinajstić information content (AvgIpc) is 2.81. The fourth-order valence-electron chi connectivity index (χ4n) is 2.96. The van der Waals surface area contributed by atoms with Crippen LogP contribution in [0, 0.1) is 0 Å². The van der Waals surface area contributed by atoms with Gasteiger partial charge in [-0.2, -0.15) is 0 Å². The lowest BCUT2D eigenvalue weighted by Crippen LogP contribution is -2.42. The molecule has 1 aromatic carbocycles. The molecule has 2 rings (SSSR count). The smallest absolute Gasteiger partial charge is 0.163 e. The molecule has 0 bridgehead atoms. The van der Waals surface area contributed by atoms with Gasteiger partial charge in [-0.05, 0) is 39.1 Å². The molecule has 0 saturated carbocycles. The quantitative estimate of drug-likeness (QED) is 0.613. The van der Waals surface area contributed by atoms with E-state index in [2.05, 4.69) is 30.0 Å². The lowest BCUT2D eigenvalue weighted by Gasteiger charge is -2.31. The molecule has 4 heteroatoms. The van der Waals surface area contributed by atoms with E-state index < -0.39 is 6.10 Å². The van der Waals surface area contributed by atoms with E-state index in [1.165, 1.54) is 0 Å². The molecule has 0 aliphatic carbocycles. The molecule has 3 atom stereocenters. The molecule has 1 N–H and O–H groups in total. The highest BCUT2D eigenvalue weighted by atomic mass is 16.5. The van der Waals surface area contributed by atoms with E-state index in [4.69, 9.17) is 4.74 Å². The van der Waals surface area contributed by atoms with Crippen LogP contribution in [0.15, 0.2) is 29.3 Å². The summed E-state index contributed by atoms with van der Waals surface area (Å²) in [6.07, 6.45) is 2.25. The molecule has 1 aliphatic heterocycles. The van der Waals surface area contributed by atoms with Crippen molar-refractivity contribution in [3.63, 3.8) is 0 Å². The van der Waals surface area contributed by atoms with Crippen molar-refractivity contribution in [1.82, 2.24) is 5.32 Å². The number of para-hydroxylation sites is 1. The van der Waals surface area contributed by atoms with E-state index in [0.717, 1.165) is 37.0 Å². The lowest BCUT2D eigenvalue weighted by molar-refractivity contribution is -0.115. The van der Waals surface area contributed by atoms with Crippen LogP contribution in [0.1, 0.15) is 32.3 Å². The van der Waals surface area contributed by atoms with Crippen molar-refractivity contribution in [1.29, 1.82) is 0 Å². The minimum atomic E-state index is -0.404. The lowest BCUT2D eigenvalue weighted by atomic mass is 9.72. The second-order valence-corrected chi connectivity index (χ2v) is 5.24. The second-order valence-electron chi connectivity index (χ2n) is 5.24. The topological polar surface area (TPSA) is 50.7 Å².